The zero-order valence-corrected chi connectivity index (χ0v) is 16.0. The van der Waals surface area contributed by atoms with Gasteiger partial charge in [-0.15, -0.1) is 0 Å². The van der Waals surface area contributed by atoms with Crippen LogP contribution in [0.3, 0.4) is 0 Å². The smallest absolute Gasteiger partial charge is 0.280 e. The molecule has 160 valence electrons. The lowest BCUT2D eigenvalue weighted by Crippen LogP contribution is -2.45. The number of nitrogens with zero attached hydrogens (tertiary/aromatic N) is 1. The number of hydrogen-bond donors (Lipinski definition) is 3. The van der Waals surface area contributed by atoms with Gasteiger partial charge in [0.1, 0.15) is 0 Å². The Hall–Kier alpha value is -2.94. The molecule has 0 aliphatic heterocycles. The van der Waals surface area contributed by atoms with Crippen molar-refractivity contribution < 1.29 is 27.5 Å². The van der Waals surface area contributed by atoms with Crippen LogP contribution < -0.4 is 10.6 Å². The standard InChI is InChI=1S/C21H21F4N3O2/c22-16-9-4-12(10-18(16)24)20(30)28-21(27-14-5-7-15(29)8-6-14)26-11-13-2-1-3-17(23)19(13)25/h1-4,9-10,14-15,29H,5-8,11H2,(H2,26,27,28,30)/t14-,15-. The second-order valence-corrected chi connectivity index (χ2v) is 7.11. The van der Waals surface area contributed by atoms with Crippen LogP contribution in [0.4, 0.5) is 17.6 Å². The van der Waals surface area contributed by atoms with E-state index >= 15 is 0 Å². The van der Waals surface area contributed by atoms with Gasteiger partial charge in [-0.2, -0.15) is 4.99 Å². The highest BCUT2D eigenvalue weighted by Crippen LogP contribution is 2.18. The highest BCUT2D eigenvalue weighted by atomic mass is 19.2. The van der Waals surface area contributed by atoms with Crippen LogP contribution >= 0.6 is 0 Å². The minimum absolute atomic E-state index is 0.00483. The second-order valence-electron chi connectivity index (χ2n) is 7.11. The summed E-state index contributed by atoms with van der Waals surface area (Å²) in [5.74, 6) is -5.12. The van der Waals surface area contributed by atoms with Crippen molar-refractivity contribution in [3.8, 4) is 0 Å². The van der Waals surface area contributed by atoms with Crippen molar-refractivity contribution in [2.24, 2.45) is 4.99 Å². The first-order valence-electron chi connectivity index (χ1n) is 9.53. The van der Waals surface area contributed by atoms with E-state index < -0.39 is 29.2 Å². The van der Waals surface area contributed by atoms with Crippen molar-refractivity contribution in [1.82, 2.24) is 10.6 Å². The number of hydrogen-bond acceptors (Lipinski definition) is 2. The third kappa shape index (κ3) is 5.56. The van der Waals surface area contributed by atoms with E-state index in [1.807, 2.05) is 0 Å². The monoisotopic (exact) mass is 423 g/mol. The highest BCUT2D eigenvalue weighted by Gasteiger charge is 2.21. The summed E-state index contributed by atoms with van der Waals surface area (Å²) >= 11 is 0. The van der Waals surface area contributed by atoms with Gasteiger partial charge in [0.15, 0.2) is 29.2 Å². The lowest BCUT2D eigenvalue weighted by Gasteiger charge is -2.27. The molecule has 2 aromatic rings. The summed E-state index contributed by atoms with van der Waals surface area (Å²) in [5, 5.41) is 15.4. The summed E-state index contributed by atoms with van der Waals surface area (Å²) in [6.45, 7) is -0.157. The molecule has 0 heterocycles. The molecule has 1 saturated carbocycles. The molecule has 9 heteroatoms. The number of amides is 1. The Morgan fingerprint density at radius 3 is 2.43 bits per heavy atom. The molecular formula is C21H21F4N3O2. The van der Waals surface area contributed by atoms with Crippen molar-refractivity contribution in [3.05, 3.63) is 70.8 Å². The Morgan fingerprint density at radius 2 is 1.73 bits per heavy atom. The van der Waals surface area contributed by atoms with Gasteiger partial charge in [0, 0.05) is 23.7 Å². The molecule has 0 spiro atoms. The van der Waals surface area contributed by atoms with Crippen LogP contribution in [0, 0.1) is 23.3 Å². The first-order chi connectivity index (χ1) is 14.3. The van der Waals surface area contributed by atoms with E-state index in [1.165, 1.54) is 12.1 Å². The fourth-order valence-electron chi connectivity index (χ4n) is 3.20. The van der Waals surface area contributed by atoms with Gasteiger partial charge in [-0.1, -0.05) is 12.1 Å². The molecular weight excluding hydrogens is 402 g/mol. The predicted molar refractivity (Wildman–Crippen MR) is 103 cm³/mol. The van der Waals surface area contributed by atoms with Gasteiger partial charge in [0.05, 0.1) is 6.10 Å². The van der Waals surface area contributed by atoms with Gasteiger partial charge in [-0.05, 0) is 49.9 Å². The van der Waals surface area contributed by atoms with E-state index in [9.17, 15) is 27.5 Å². The summed E-state index contributed by atoms with van der Waals surface area (Å²) in [6.07, 6.45) is 1.99. The number of guanidine groups is 1. The number of halogens is 4. The predicted octanol–water partition coefficient (Wildman–Crippen LogP) is 3.42. The average Bonchev–Trinajstić information content (AvgIpc) is 2.72. The minimum Gasteiger partial charge on any atom is -0.393 e. The van der Waals surface area contributed by atoms with E-state index in [-0.39, 0.29) is 35.8 Å². The molecule has 2 aromatic carbocycles. The Morgan fingerprint density at radius 1 is 1.00 bits per heavy atom. The first kappa shape index (κ1) is 21.8. The van der Waals surface area contributed by atoms with Gasteiger partial charge < -0.3 is 15.7 Å². The first-order valence-corrected chi connectivity index (χ1v) is 9.53. The zero-order valence-electron chi connectivity index (χ0n) is 16.0. The number of rotatable bonds is 4. The van der Waals surface area contributed by atoms with Gasteiger partial charge in [0.2, 0.25) is 0 Å². The van der Waals surface area contributed by atoms with E-state index in [0.717, 1.165) is 24.3 Å². The van der Waals surface area contributed by atoms with E-state index in [0.29, 0.717) is 25.7 Å². The highest BCUT2D eigenvalue weighted by molar-refractivity contribution is 6.02. The third-order valence-electron chi connectivity index (χ3n) is 4.90. The molecule has 5 nitrogen and oxygen atoms in total. The molecule has 1 fully saturated rings. The molecule has 0 atom stereocenters. The largest absolute Gasteiger partial charge is 0.393 e. The van der Waals surface area contributed by atoms with Gasteiger partial charge in [0.25, 0.3) is 5.91 Å². The van der Waals surface area contributed by atoms with Crippen molar-refractivity contribution in [1.29, 1.82) is 0 Å². The summed E-state index contributed by atoms with van der Waals surface area (Å²) in [6, 6.07) is 6.29. The summed E-state index contributed by atoms with van der Waals surface area (Å²) in [7, 11) is 0. The number of aliphatic imine (C=N–C) groups is 1. The van der Waals surface area contributed by atoms with Crippen LogP contribution in [0.25, 0.3) is 0 Å². The molecule has 1 aliphatic rings. The number of carbonyl (C=O) groups excluding carboxylic acids is 1. The maximum Gasteiger partial charge on any atom is 0.280 e. The molecule has 0 bridgehead atoms. The van der Waals surface area contributed by atoms with Crippen LogP contribution in [0.2, 0.25) is 0 Å². The van der Waals surface area contributed by atoms with Crippen molar-refractivity contribution in [2.75, 3.05) is 0 Å². The summed E-state index contributed by atoms with van der Waals surface area (Å²) < 4.78 is 53.9. The number of benzene rings is 2. The quantitative estimate of drug-likeness (QED) is 0.400. The topological polar surface area (TPSA) is 73.7 Å². The van der Waals surface area contributed by atoms with Gasteiger partial charge in [-0.25, -0.2) is 17.6 Å². The number of carbonyl (C=O) groups is 1. The fourth-order valence-corrected chi connectivity index (χ4v) is 3.20. The molecule has 0 saturated heterocycles. The molecule has 3 rings (SSSR count). The number of aliphatic hydroxyl groups excluding tert-OH is 1. The van der Waals surface area contributed by atoms with E-state index in [2.05, 4.69) is 15.6 Å². The molecule has 1 amide bonds. The van der Waals surface area contributed by atoms with Crippen LogP contribution in [-0.2, 0) is 6.54 Å². The molecule has 0 unspecified atom stereocenters. The fraction of sp³-hybridized carbons (Fsp3) is 0.333. The Bertz CT molecular complexity index is 944. The van der Waals surface area contributed by atoms with Crippen LogP contribution in [-0.4, -0.2) is 29.1 Å². The SMILES string of the molecule is O=C(/N=C(/NCc1cccc(F)c1F)N[C@H]1CC[C@H](O)CC1)c1ccc(F)c(F)c1. The molecule has 0 aromatic heterocycles. The van der Waals surface area contributed by atoms with E-state index in [4.69, 9.17) is 0 Å². The summed E-state index contributed by atoms with van der Waals surface area (Å²) in [4.78, 5) is 16.3. The second kappa shape index (κ2) is 9.71. The number of nitrogens with one attached hydrogen (secondary N) is 2. The van der Waals surface area contributed by atoms with E-state index in [1.54, 1.807) is 0 Å². The normalized spacial score (nSPS) is 19.4. The van der Waals surface area contributed by atoms with Crippen molar-refractivity contribution in [3.63, 3.8) is 0 Å². The maximum absolute atomic E-state index is 13.9. The third-order valence-corrected chi connectivity index (χ3v) is 4.90. The average molecular weight is 423 g/mol. The lowest BCUT2D eigenvalue weighted by atomic mass is 9.93. The molecule has 3 N–H and O–H groups in total. The van der Waals surface area contributed by atoms with Crippen LogP contribution in [0.5, 0.6) is 0 Å². The number of aliphatic hydroxyl groups is 1. The van der Waals surface area contributed by atoms with Crippen LogP contribution in [0.1, 0.15) is 41.6 Å². The molecule has 1 aliphatic carbocycles. The lowest BCUT2D eigenvalue weighted by molar-refractivity contribution is 0.1000. The van der Waals surface area contributed by atoms with Crippen molar-refractivity contribution in [2.45, 2.75) is 44.4 Å². The Kier molecular flexibility index (Phi) is 7.04. The molecule has 0 radical (unpaired) electrons. The summed E-state index contributed by atoms with van der Waals surface area (Å²) in [5.41, 5.74) is -0.130. The Balaban J connectivity index is 1.78. The van der Waals surface area contributed by atoms with Gasteiger partial charge >= 0.3 is 0 Å². The van der Waals surface area contributed by atoms with Crippen LogP contribution in [0.15, 0.2) is 41.4 Å². The van der Waals surface area contributed by atoms with Crippen molar-refractivity contribution >= 4 is 11.9 Å². The Labute approximate surface area is 170 Å². The molecule has 30 heavy (non-hydrogen) atoms. The zero-order chi connectivity index (χ0) is 21.7. The minimum atomic E-state index is -1.18. The maximum atomic E-state index is 13.9. The van der Waals surface area contributed by atoms with Gasteiger partial charge in [-0.3, -0.25) is 4.79 Å².